The van der Waals surface area contributed by atoms with Crippen molar-refractivity contribution in [1.82, 2.24) is 0 Å². The number of ether oxygens (including phenoxy) is 2. The third kappa shape index (κ3) is 57.9. The van der Waals surface area contributed by atoms with Gasteiger partial charge in [-0.1, -0.05) is 220 Å². The molecule has 0 amide bonds. The zero-order valence-corrected chi connectivity index (χ0v) is 47.3. The van der Waals surface area contributed by atoms with Crippen LogP contribution in [0.1, 0.15) is 219 Å². The van der Waals surface area contributed by atoms with Crippen LogP contribution in [0, 0.1) is 0 Å². The number of unbranched alkanes of at least 4 members (excludes halogenated alkanes) is 20. The third-order valence-electron chi connectivity index (χ3n) is 11.8. The van der Waals surface area contributed by atoms with E-state index in [1.54, 1.807) is 0 Å². The minimum Gasteiger partial charge on any atom is -0.457 e. The summed E-state index contributed by atoms with van der Waals surface area (Å²) < 4.78 is 35.2. The Hall–Kier alpha value is -2.84. The summed E-state index contributed by atoms with van der Waals surface area (Å²) in [4.78, 5) is 23.1. The van der Waals surface area contributed by atoms with Crippen LogP contribution >= 0.6 is 7.82 Å². The number of nitrogens with zero attached hydrogens (tertiary/aromatic N) is 1. The predicted octanol–water partition coefficient (Wildman–Crippen LogP) is 18.3. The van der Waals surface area contributed by atoms with Gasteiger partial charge in [0.2, 0.25) is 0 Å². The SMILES string of the molecule is CC/C=C\C/C=C\C/C=C\C/C=C\C/C=C\C/C=C\CCCCCCCCC(=O)OC(COCCCCCCCCCCC/C=C\C/C=C\C/C=C\CCCCCCC)COP(=O)(O)OCC[N+](C)(C)C. The molecule has 0 aromatic rings. The molecule has 1 N–H and O–H groups in total. The molecule has 0 fully saturated rings. The van der Waals surface area contributed by atoms with Crippen LogP contribution in [0.3, 0.4) is 0 Å². The Bertz CT molecular complexity index is 1500. The molecule has 0 spiro atoms. The van der Waals surface area contributed by atoms with Crippen LogP contribution in [0.25, 0.3) is 0 Å². The summed E-state index contributed by atoms with van der Waals surface area (Å²) >= 11 is 0. The minimum atomic E-state index is -4.30. The van der Waals surface area contributed by atoms with Gasteiger partial charge in [-0.25, -0.2) is 4.57 Å². The van der Waals surface area contributed by atoms with Crippen LogP contribution in [0.5, 0.6) is 0 Å². The highest BCUT2D eigenvalue weighted by Gasteiger charge is 2.26. The predicted molar refractivity (Wildman–Crippen MR) is 307 cm³/mol. The van der Waals surface area contributed by atoms with Gasteiger partial charge in [-0.2, -0.15) is 0 Å². The number of carbonyl (C=O) groups excluding carboxylic acids is 1. The number of carbonyl (C=O) groups is 1. The van der Waals surface area contributed by atoms with Crippen molar-refractivity contribution in [3.63, 3.8) is 0 Å². The van der Waals surface area contributed by atoms with Crippen LogP contribution < -0.4 is 0 Å². The Kier molecular flexibility index (Phi) is 51.3. The molecule has 0 aromatic heterocycles. The highest BCUT2D eigenvalue weighted by Crippen LogP contribution is 2.43. The lowest BCUT2D eigenvalue weighted by Crippen LogP contribution is -2.37. The molecule has 0 saturated carbocycles. The fourth-order valence-electron chi connectivity index (χ4n) is 7.45. The van der Waals surface area contributed by atoms with E-state index in [2.05, 4.69) is 123 Å². The van der Waals surface area contributed by atoms with Crippen molar-refractivity contribution in [2.45, 2.75) is 225 Å². The number of allylic oxidation sites excluding steroid dienone is 18. The number of hydrogen-bond donors (Lipinski definition) is 1. The van der Waals surface area contributed by atoms with E-state index >= 15 is 0 Å². The van der Waals surface area contributed by atoms with Gasteiger partial charge in [0.1, 0.15) is 19.3 Å². The minimum absolute atomic E-state index is 0.0780. The monoisotopic (exact) mass is 1010 g/mol. The van der Waals surface area contributed by atoms with E-state index in [1.807, 2.05) is 21.1 Å². The zero-order valence-electron chi connectivity index (χ0n) is 46.4. The quantitative estimate of drug-likeness (QED) is 0.0213. The first-order chi connectivity index (χ1) is 34.6. The molecule has 0 heterocycles. The average Bonchev–Trinajstić information content (AvgIpc) is 3.33. The van der Waals surface area contributed by atoms with Gasteiger partial charge in [0, 0.05) is 13.0 Å². The van der Waals surface area contributed by atoms with Gasteiger partial charge in [0.25, 0.3) is 0 Å². The molecule has 0 aliphatic heterocycles. The normalized spacial score (nSPS) is 14.3. The lowest BCUT2D eigenvalue weighted by molar-refractivity contribution is -0.870. The third-order valence-corrected chi connectivity index (χ3v) is 12.8. The standard InChI is InChI=1S/C62H108NO7P/c1-6-8-10-12-14-16-18-20-22-24-26-28-30-32-33-35-37-39-41-43-45-47-49-51-53-55-62(64)70-61(60-69-71(65,66)68-58-56-63(3,4)5)59-67-57-54-52-50-48-46-44-42-40-38-36-34-31-29-27-25-23-21-19-17-15-13-11-9-7-2/h8,10,14,16,19-22,25-28,31-34,37,39,61H,6-7,9,11-13,15,17-18,23-24,29-30,35-36,38,40-60H2,1-5H3/p+1/b10-8-,16-14-,21-19-,22-20-,27-25-,28-26-,33-32-,34-31-,39-37-. The number of rotatable bonds is 52. The van der Waals surface area contributed by atoms with Gasteiger partial charge in [-0.3, -0.25) is 13.8 Å². The van der Waals surface area contributed by atoms with Crippen molar-refractivity contribution in [1.29, 1.82) is 0 Å². The lowest BCUT2D eigenvalue weighted by atomic mass is 10.1. The lowest BCUT2D eigenvalue weighted by Gasteiger charge is -2.24. The maximum atomic E-state index is 12.8. The summed E-state index contributed by atoms with van der Waals surface area (Å²) in [6.07, 6.45) is 75.7. The number of phosphoric ester groups is 1. The van der Waals surface area contributed by atoms with Gasteiger partial charge < -0.3 is 18.9 Å². The topological polar surface area (TPSA) is 91.3 Å². The number of esters is 1. The molecule has 408 valence electrons. The van der Waals surface area contributed by atoms with Crippen molar-refractivity contribution in [3.8, 4) is 0 Å². The van der Waals surface area contributed by atoms with Gasteiger partial charge in [0.05, 0.1) is 34.4 Å². The van der Waals surface area contributed by atoms with E-state index in [9.17, 15) is 14.3 Å². The second-order valence-electron chi connectivity index (χ2n) is 19.9. The van der Waals surface area contributed by atoms with E-state index in [1.165, 1.54) is 103 Å². The van der Waals surface area contributed by atoms with E-state index in [-0.39, 0.29) is 25.8 Å². The summed E-state index contributed by atoms with van der Waals surface area (Å²) in [7, 11) is 1.64. The average molecular weight is 1010 g/mol. The van der Waals surface area contributed by atoms with Crippen molar-refractivity contribution >= 4 is 13.8 Å². The van der Waals surface area contributed by atoms with Crippen molar-refractivity contribution in [3.05, 3.63) is 109 Å². The van der Waals surface area contributed by atoms with Gasteiger partial charge >= 0.3 is 13.8 Å². The largest absolute Gasteiger partial charge is 0.472 e. The Morgan fingerprint density at radius 1 is 0.451 bits per heavy atom. The number of phosphoric acid groups is 1. The van der Waals surface area contributed by atoms with Crippen LogP contribution in [-0.2, 0) is 27.9 Å². The van der Waals surface area contributed by atoms with E-state index in [0.717, 1.165) is 96.3 Å². The molecule has 0 saturated heterocycles. The van der Waals surface area contributed by atoms with Crippen LogP contribution in [-0.4, -0.2) is 75.6 Å². The van der Waals surface area contributed by atoms with Crippen LogP contribution in [0.2, 0.25) is 0 Å². The Morgan fingerprint density at radius 2 is 0.817 bits per heavy atom. The molecular formula is C62H109NO7P+. The molecule has 0 aromatic carbocycles. The summed E-state index contributed by atoms with van der Waals surface area (Å²) in [5.41, 5.74) is 0. The number of hydrogen-bond acceptors (Lipinski definition) is 6. The number of likely N-dealkylation sites (N-methyl/N-ethyl adjacent to an activating group) is 1. The summed E-state index contributed by atoms with van der Waals surface area (Å²) in [5.74, 6) is -0.333. The fourth-order valence-corrected chi connectivity index (χ4v) is 8.19. The molecule has 0 radical (unpaired) electrons. The molecule has 0 aliphatic rings. The van der Waals surface area contributed by atoms with Crippen LogP contribution in [0.15, 0.2) is 109 Å². The van der Waals surface area contributed by atoms with Crippen LogP contribution in [0.4, 0.5) is 0 Å². The second-order valence-corrected chi connectivity index (χ2v) is 21.4. The first-order valence-electron chi connectivity index (χ1n) is 28.6. The highest BCUT2D eigenvalue weighted by molar-refractivity contribution is 7.47. The highest BCUT2D eigenvalue weighted by atomic mass is 31.2. The first-order valence-corrected chi connectivity index (χ1v) is 30.1. The first kappa shape index (κ1) is 68.2. The Labute approximate surface area is 438 Å². The van der Waals surface area contributed by atoms with E-state index in [4.69, 9.17) is 18.5 Å². The smallest absolute Gasteiger partial charge is 0.457 e. The van der Waals surface area contributed by atoms with Gasteiger partial charge in [-0.05, 0) is 103 Å². The zero-order chi connectivity index (χ0) is 51.9. The maximum Gasteiger partial charge on any atom is 0.472 e. The van der Waals surface area contributed by atoms with Gasteiger partial charge in [-0.15, -0.1) is 0 Å². The molecule has 0 bridgehead atoms. The molecule has 9 heteroatoms. The van der Waals surface area contributed by atoms with Gasteiger partial charge in [0.15, 0.2) is 0 Å². The van der Waals surface area contributed by atoms with Crippen molar-refractivity contribution < 1.29 is 37.3 Å². The van der Waals surface area contributed by atoms with Crippen molar-refractivity contribution in [2.75, 3.05) is 54.1 Å². The van der Waals surface area contributed by atoms with E-state index in [0.29, 0.717) is 24.1 Å². The molecule has 71 heavy (non-hydrogen) atoms. The molecule has 8 nitrogen and oxygen atoms in total. The molecule has 0 rings (SSSR count). The van der Waals surface area contributed by atoms with E-state index < -0.39 is 13.9 Å². The number of quaternary nitrogens is 1. The summed E-state index contributed by atoms with van der Waals surface area (Å²) in [5, 5.41) is 0. The fraction of sp³-hybridized carbons (Fsp3) is 0.694. The maximum absolute atomic E-state index is 12.8. The summed E-state index contributed by atoms with van der Waals surface area (Å²) in [6, 6.07) is 0. The molecule has 2 atom stereocenters. The Morgan fingerprint density at radius 3 is 1.23 bits per heavy atom. The summed E-state index contributed by atoms with van der Waals surface area (Å²) in [6.45, 7) is 5.46. The second kappa shape index (κ2) is 53.5. The molecule has 0 aliphatic carbocycles. The van der Waals surface area contributed by atoms with Crippen molar-refractivity contribution in [2.24, 2.45) is 0 Å². The molecule has 2 unspecified atom stereocenters. The molecular weight excluding hydrogens is 902 g/mol. The Balaban J connectivity index is 4.18.